The van der Waals surface area contributed by atoms with Gasteiger partial charge in [0.15, 0.2) is 0 Å². The highest BCUT2D eigenvalue weighted by molar-refractivity contribution is 7.10. The molecule has 1 N–H and O–H groups in total. The van der Waals surface area contributed by atoms with Crippen LogP contribution in [-0.4, -0.2) is 29.3 Å². The van der Waals surface area contributed by atoms with E-state index in [2.05, 4.69) is 9.97 Å². The van der Waals surface area contributed by atoms with Gasteiger partial charge in [0.2, 0.25) is 5.88 Å². The molecule has 0 bridgehead atoms. The predicted molar refractivity (Wildman–Crippen MR) is 63.5 cm³/mol. The molecule has 0 aliphatic rings. The zero-order valence-electron chi connectivity index (χ0n) is 9.45. The van der Waals surface area contributed by atoms with Crippen molar-refractivity contribution < 1.29 is 14.6 Å². The summed E-state index contributed by atoms with van der Waals surface area (Å²) in [6.45, 7) is 0. The second-order valence-electron chi connectivity index (χ2n) is 3.21. The Hall–Kier alpha value is -1.66. The Bertz CT molecular complexity index is 501. The lowest BCUT2D eigenvalue weighted by Crippen LogP contribution is -2.05. The number of aromatic nitrogens is 2. The molecule has 0 aromatic carbocycles. The molecular formula is C11H12N2O3S. The van der Waals surface area contributed by atoms with E-state index in [9.17, 15) is 5.11 Å². The first-order valence-corrected chi connectivity index (χ1v) is 5.80. The van der Waals surface area contributed by atoms with Crippen LogP contribution in [0.15, 0.2) is 23.8 Å². The van der Waals surface area contributed by atoms with Crippen LogP contribution in [0.3, 0.4) is 0 Å². The molecule has 0 fully saturated rings. The van der Waals surface area contributed by atoms with E-state index in [4.69, 9.17) is 9.47 Å². The van der Waals surface area contributed by atoms with Crippen molar-refractivity contribution in [2.75, 3.05) is 14.2 Å². The van der Waals surface area contributed by atoms with Crippen LogP contribution in [0, 0.1) is 0 Å². The number of rotatable bonds is 4. The molecule has 90 valence electrons. The lowest BCUT2D eigenvalue weighted by atomic mass is 10.2. The Kier molecular flexibility index (Phi) is 3.55. The first kappa shape index (κ1) is 11.8. The number of nitrogens with zero attached hydrogens (tertiary/aromatic N) is 2. The van der Waals surface area contributed by atoms with E-state index in [1.165, 1.54) is 30.8 Å². The molecule has 6 heteroatoms. The number of ether oxygens (including phenoxy) is 2. The van der Waals surface area contributed by atoms with Crippen LogP contribution in [0.5, 0.6) is 11.6 Å². The number of aliphatic hydroxyl groups excluding tert-OH is 1. The minimum atomic E-state index is -0.895. The molecule has 0 aliphatic heterocycles. The maximum Gasteiger partial charge on any atom is 0.238 e. The Labute approximate surface area is 103 Å². The van der Waals surface area contributed by atoms with Gasteiger partial charge in [0, 0.05) is 12.4 Å². The van der Waals surface area contributed by atoms with E-state index in [1.54, 1.807) is 13.2 Å². The standard InChI is InChI=1S/C11H12N2O3S/c1-15-7-3-6-17-10(7)9(14)8-11(16-2)13-5-4-12-8/h3-6,9,14H,1-2H3. The maximum absolute atomic E-state index is 10.3. The summed E-state index contributed by atoms with van der Waals surface area (Å²) in [6.07, 6.45) is 2.13. The van der Waals surface area contributed by atoms with Gasteiger partial charge in [-0.3, -0.25) is 4.98 Å². The predicted octanol–water partition coefficient (Wildman–Crippen LogP) is 1.64. The number of hydrogen-bond donors (Lipinski definition) is 1. The summed E-state index contributed by atoms with van der Waals surface area (Å²) >= 11 is 1.40. The lowest BCUT2D eigenvalue weighted by Gasteiger charge is -2.12. The Morgan fingerprint density at radius 1 is 1.24 bits per heavy atom. The van der Waals surface area contributed by atoms with Gasteiger partial charge in [-0.15, -0.1) is 11.3 Å². The summed E-state index contributed by atoms with van der Waals surface area (Å²) in [5.74, 6) is 0.950. The van der Waals surface area contributed by atoms with Gasteiger partial charge in [0.25, 0.3) is 0 Å². The molecule has 5 nitrogen and oxygen atoms in total. The molecule has 0 aliphatic carbocycles. The smallest absolute Gasteiger partial charge is 0.238 e. The maximum atomic E-state index is 10.3. The molecule has 2 aromatic heterocycles. The zero-order valence-corrected chi connectivity index (χ0v) is 10.3. The molecule has 2 rings (SSSR count). The summed E-state index contributed by atoms with van der Waals surface area (Å²) in [6, 6.07) is 1.80. The molecule has 2 heterocycles. The third-order valence-electron chi connectivity index (χ3n) is 2.27. The van der Waals surface area contributed by atoms with Crippen molar-refractivity contribution in [3.05, 3.63) is 34.4 Å². The second kappa shape index (κ2) is 5.11. The topological polar surface area (TPSA) is 64.5 Å². The van der Waals surface area contributed by atoms with Gasteiger partial charge in [-0.25, -0.2) is 4.98 Å². The average molecular weight is 252 g/mol. The van der Waals surface area contributed by atoms with Gasteiger partial charge in [0.1, 0.15) is 17.5 Å². The van der Waals surface area contributed by atoms with Crippen LogP contribution in [0.1, 0.15) is 16.7 Å². The summed E-state index contributed by atoms with van der Waals surface area (Å²) < 4.78 is 10.2. The highest BCUT2D eigenvalue weighted by Gasteiger charge is 2.22. The number of thiophene rings is 1. The zero-order chi connectivity index (χ0) is 12.3. The van der Waals surface area contributed by atoms with Crippen molar-refractivity contribution >= 4 is 11.3 Å². The normalized spacial score (nSPS) is 12.2. The summed E-state index contributed by atoms with van der Waals surface area (Å²) in [5, 5.41) is 12.1. The van der Waals surface area contributed by atoms with Crippen molar-refractivity contribution in [3.8, 4) is 11.6 Å². The SMILES string of the molecule is COc1ccsc1C(O)c1nccnc1OC. The summed E-state index contributed by atoms with van der Waals surface area (Å²) in [5.41, 5.74) is 0.385. The van der Waals surface area contributed by atoms with Crippen LogP contribution in [0.4, 0.5) is 0 Å². The van der Waals surface area contributed by atoms with E-state index in [1.807, 2.05) is 5.38 Å². The summed E-state index contributed by atoms with van der Waals surface area (Å²) in [4.78, 5) is 8.78. The van der Waals surface area contributed by atoms with Crippen LogP contribution in [0.25, 0.3) is 0 Å². The van der Waals surface area contributed by atoms with Crippen LogP contribution in [-0.2, 0) is 0 Å². The Morgan fingerprint density at radius 3 is 2.71 bits per heavy atom. The first-order chi connectivity index (χ1) is 8.27. The van der Waals surface area contributed by atoms with Gasteiger partial charge in [0.05, 0.1) is 19.1 Å². The van der Waals surface area contributed by atoms with E-state index in [-0.39, 0.29) is 0 Å². The van der Waals surface area contributed by atoms with Crippen LogP contribution >= 0.6 is 11.3 Å². The average Bonchev–Trinajstić information content (AvgIpc) is 2.86. The first-order valence-electron chi connectivity index (χ1n) is 4.92. The molecule has 2 aromatic rings. The molecule has 0 radical (unpaired) electrons. The second-order valence-corrected chi connectivity index (χ2v) is 4.15. The van der Waals surface area contributed by atoms with Gasteiger partial charge in [-0.1, -0.05) is 0 Å². The molecule has 1 atom stereocenters. The van der Waals surface area contributed by atoms with Crippen LogP contribution < -0.4 is 9.47 Å². The minimum Gasteiger partial charge on any atom is -0.495 e. The number of hydrogen-bond acceptors (Lipinski definition) is 6. The Balaban J connectivity index is 2.40. The van der Waals surface area contributed by atoms with E-state index in [0.717, 1.165) is 0 Å². The molecule has 1 unspecified atom stereocenters. The monoisotopic (exact) mass is 252 g/mol. The van der Waals surface area contributed by atoms with Gasteiger partial charge in [-0.05, 0) is 11.4 Å². The van der Waals surface area contributed by atoms with E-state index in [0.29, 0.717) is 22.2 Å². The van der Waals surface area contributed by atoms with Crippen molar-refractivity contribution in [2.45, 2.75) is 6.10 Å². The van der Waals surface area contributed by atoms with Gasteiger partial charge >= 0.3 is 0 Å². The van der Waals surface area contributed by atoms with Crippen LogP contribution in [0.2, 0.25) is 0 Å². The molecule has 0 saturated carbocycles. The largest absolute Gasteiger partial charge is 0.495 e. The number of aliphatic hydroxyl groups is 1. The molecule has 17 heavy (non-hydrogen) atoms. The third kappa shape index (κ3) is 2.22. The highest BCUT2D eigenvalue weighted by Crippen LogP contribution is 2.36. The van der Waals surface area contributed by atoms with E-state index < -0.39 is 6.10 Å². The van der Waals surface area contributed by atoms with Gasteiger partial charge < -0.3 is 14.6 Å². The molecule has 0 spiro atoms. The lowest BCUT2D eigenvalue weighted by molar-refractivity contribution is 0.207. The quantitative estimate of drug-likeness (QED) is 0.896. The fourth-order valence-electron chi connectivity index (χ4n) is 1.48. The molecule has 0 saturated heterocycles. The number of methoxy groups -OCH3 is 2. The minimum absolute atomic E-state index is 0.315. The molecular weight excluding hydrogens is 240 g/mol. The summed E-state index contributed by atoms with van der Waals surface area (Å²) in [7, 11) is 3.05. The van der Waals surface area contributed by atoms with Crippen molar-refractivity contribution in [1.29, 1.82) is 0 Å². The fourth-order valence-corrected chi connectivity index (χ4v) is 2.33. The van der Waals surface area contributed by atoms with Crippen molar-refractivity contribution in [1.82, 2.24) is 9.97 Å². The van der Waals surface area contributed by atoms with Gasteiger partial charge in [-0.2, -0.15) is 0 Å². The molecule has 0 amide bonds. The van der Waals surface area contributed by atoms with Crippen molar-refractivity contribution in [3.63, 3.8) is 0 Å². The highest BCUT2D eigenvalue weighted by atomic mass is 32.1. The van der Waals surface area contributed by atoms with Crippen molar-refractivity contribution in [2.24, 2.45) is 0 Å². The van der Waals surface area contributed by atoms with E-state index >= 15 is 0 Å². The Morgan fingerprint density at radius 2 is 2.00 bits per heavy atom. The third-order valence-corrected chi connectivity index (χ3v) is 3.22. The fraction of sp³-hybridized carbons (Fsp3) is 0.273.